The molecular weight excluding hydrogens is 231 g/mol. The molecule has 15 heavy (non-hydrogen) atoms. The Kier molecular flexibility index (Phi) is 7.39. The Hall–Kier alpha value is -0.570. The third kappa shape index (κ3) is 4.65. The second kappa shape index (κ2) is 7.69. The lowest BCUT2D eigenvalue weighted by molar-refractivity contribution is 0.613. The van der Waals surface area contributed by atoms with Gasteiger partial charge >= 0.3 is 0 Å². The van der Waals surface area contributed by atoms with E-state index in [4.69, 9.17) is 0 Å². The fourth-order valence-electron chi connectivity index (χ4n) is 1.60. The molecule has 1 aliphatic rings. The van der Waals surface area contributed by atoms with Crippen LogP contribution < -0.4 is 5.32 Å². The van der Waals surface area contributed by atoms with E-state index in [2.05, 4.69) is 22.4 Å². The van der Waals surface area contributed by atoms with Crippen LogP contribution >= 0.6 is 24.8 Å². The maximum atomic E-state index is 4.09. The van der Waals surface area contributed by atoms with Gasteiger partial charge in [0.15, 0.2) is 0 Å². The van der Waals surface area contributed by atoms with Crippen LogP contribution in [0.2, 0.25) is 0 Å². The van der Waals surface area contributed by atoms with E-state index in [1.807, 2.05) is 12.3 Å². The topological polar surface area (TPSA) is 24.9 Å². The number of piperidine rings is 1. The zero-order valence-corrected chi connectivity index (χ0v) is 10.1. The minimum Gasteiger partial charge on any atom is -0.313 e. The average molecular weight is 247 g/mol. The van der Waals surface area contributed by atoms with Crippen LogP contribution in [0.15, 0.2) is 30.1 Å². The average Bonchev–Trinajstić information content (AvgIpc) is 2.21. The van der Waals surface area contributed by atoms with E-state index >= 15 is 0 Å². The van der Waals surface area contributed by atoms with Crippen molar-refractivity contribution in [3.8, 4) is 0 Å². The third-order valence-electron chi connectivity index (χ3n) is 2.26. The Morgan fingerprint density at radius 2 is 2.20 bits per heavy atom. The molecule has 1 aromatic rings. The molecular formula is C11H16Cl2N2. The maximum Gasteiger partial charge on any atom is 0.0340 e. The van der Waals surface area contributed by atoms with Crippen LogP contribution in [0.5, 0.6) is 0 Å². The number of nitrogens with one attached hydrogen (secondary N) is 1. The quantitative estimate of drug-likeness (QED) is 0.825. The summed E-state index contributed by atoms with van der Waals surface area (Å²) in [6.45, 7) is 2.19. The Bertz CT molecular complexity index is 291. The first-order valence-electron chi connectivity index (χ1n) is 4.75. The van der Waals surface area contributed by atoms with Gasteiger partial charge in [0.2, 0.25) is 0 Å². The molecule has 1 aromatic heterocycles. The highest BCUT2D eigenvalue weighted by Crippen LogP contribution is 2.12. The van der Waals surface area contributed by atoms with Gasteiger partial charge in [-0.05, 0) is 31.0 Å². The van der Waals surface area contributed by atoms with Gasteiger partial charge < -0.3 is 5.32 Å². The molecule has 0 bridgehead atoms. The molecule has 0 radical (unpaired) electrons. The molecule has 2 heterocycles. The fraction of sp³-hybridized carbons (Fsp3) is 0.364. The highest BCUT2D eigenvalue weighted by Gasteiger charge is 2.03. The summed E-state index contributed by atoms with van der Waals surface area (Å²) < 4.78 is 0. The van der Waals surface area contributed by atoms with Crippen LogP contribution in [0.1, 0.15) is 18.4 Å². The highest BCUT2D eigenvalue weighted by atomic mass is 35.5. The van der Waals surface area contributed by atoms with E-state index in [9.17, 15) is 0 Å². The lowest BCUT2D eigenvalue weighted by Crippen LogP contribution is -2.23. The Labute approximate surface area is 103 Å². The number of aromatic nitrogens is 1. The van der Waals surface area contributed by atoms with Crippen LogP contribution in [0, 0.1) is 0 Å². The van der Waals surface area contributed by atoms with Gasteiger partial charge in [-0.15, -0.1) is 24.8 Å². The normalized spacial score (nSPS) is 17.7. The van der Waals surface area contributed by atoms with Gasteiger partial charge in [0.1, 0.15) is 0 Å². The van der Waals surface area contributed by atoms with Crippen LogP contribution in [0.25, 0.3) is 6.08 Å². The largest absolute Gasteiger partial charge is 0.313 e. The molecule has 0 spiro atoms. The zero-order chi connectivity index (χ0) is 8.93. The maximum absolute atomic E-state index is 4.09. The molecule has 0 amide bonds. The monoisotopic (exact) mass is 246 g/mol. The van der Waals surface area contributed by atoms with Crippen LogP contribution in [0.3, 0.4) is 0 Å². The first kappa shape index (κ1) is 14.4. The van der Waals surface area contributed by atoms with Crippen molar-refractivity contribution < 1.29 is 0 Å². The molecule has 2 rings (SSSR count). The van der Waals surface area contributed by atoms with E-state index < -0.39 is 0 Å². The molecule has 0 aromatic carbocycles. The van der Waals surface area contributed by atoms with Gasteiger partial charge in [-0.25, -0.2) is 0 Å². The van der Waals surface area contributed by atoms with Crippen molar-refractivity contribution in [2.45, 2.75) is 12.8 Å². The fourth-order valence-corrected chi connectivity index (χ4v) is 1.60. The number of nitrogens with zero attached hydrogens (tertiary/aromatic N) is 1. The highest BCUT2D eigenvalue weighted by molar-refractivity contribution is 5.85. The van der Waals surface area contributed by atoms with E-state index in [0.717, 1.165) is 13.1 Å². The lowest BCUT2D eigenvalue weighted by Gasteiger charge is -2.14. The predicted molar refractivity (Wildman–Crippen MR) is 68.8 cm³/mol. The summed E-state index contributed by atoms with van der Waals surface area (Å²) in [7, 11) is 0. The molecule has 2 nitrogen and oxygen atoms in total. The summed E-state index contributed by atoms with van der Waals surface area (Å²) in [4.78, 5) is 4.09. The molecule has 1 fully saturated rings. The minimum atomic E-state index is 0. The third-order valence-corrected chi connectivity index (χ3v) is 2.26. The molecule has 1 saturated heterocycles. The van der Waals surface area contributed by atoms with Gasteiger partial charge in [0.05, 0.1) is 0 Å². The van der Waals surface area contributed by atoms with Crippen LogP contribution in [0.4, 0.5) is 0 Å². The van der Waals surface area contributed by atoms with Gasteiger partial charge in [0.25, 0.3) is 0 Å². The van der Waals surface area contributed by atoms with Crippen molar-refractivity contribution >= 4 is 30.9 Å². The molecule has 0 aliphatic carbocycles. The van der Waals surface area contributed by atoms with Crippen molar-refractivity contribution in [1.82, 2.24) is 10.3 Å². The summed E-state index contributed by atoms with van der Waals surface area (Å²) in [6, 6.07) is 4.07. The number of hydrogen-bond acceptors (Lipinski definition) is 2. The van der Waals surface area contributed by atoms with E-state index in [0.29, 0.717) is 0 Å². The standard InChI is InChI=1S/C11H14N2.2ClH/c1-3-10(8-12-5-1)7-11-4-2-6-13-9-11;;/h1,3,5,7-8,13H,2,4,6,9H2;2*1H/b11-7-;;. The Balaban J connectivity index is 0.000000980. The van der Waals surface area contributed by atoms with Crippen LogP contribution in [-0.4, -0.2) is 18.1 Å². The van der Waals surface area contributed by atoms with Gasteiger partial charge in [0, 0.05) is 18.9 Å². The van der Waals surface area contributed by atoms with E-state index in [1.54, 1.807) is 6.20 Å². The predicted octanol–water partition coefficient (Wildman–Crippen LogP) is 2.69. The van der Waals surface area contributed by atoms with Crippen LogP contribution in [-0.2, 0) is 0 Å². The molecule has 84 valence electrons. The number of halogens is 2. The van der Waals surface area contributed by atoms with Crippen molar-refractivity contribution in [1.29, 1.82) is 0 Å². The van der Waals surface area contributed by atoms with Crippen molar-refractivity contribution in [2.75, 3.05) is 13.1 Å². The molecule has 4 heteroatoms. The second-order valence-corrected chi connectivity index (χ2v) is 3.37. The Morgan fingerprint density at radius 3 is 2.80 bits per heavy atom. The van der Waals surface area contributed by atoms with E-state index in [1.165, 1.54) is 24.0 Å². The van der Waals surface area contributed by atoms with Crippen molar-refractivity contribution in [3.05, 3.63) is 35.7 Å². The smallest absolute Gasteiger partial charge is 0.0340 e. The number of pyridine rings is 1. The number of rotatable bonds is 1. The SMILES string of the molecule is C(=C1\CCCNC1)/c1cccnc1.Cl.Cl. The summed E-state index contributed by atoms with van der Waals surface area (Å²) in [6.07, 6.45) is 8.43. The summed E-state index contributed by atoms with van der Waals surface area (Å²) in [5.41, 5.74) is 2.69. The van der Waals surface area contributed by atoms with Crippen molar-refractivity contribution in [3.63, 3.8) is 0 Å². The Morgan fingerprint density at radius 1 is 1.33 bits per heavy atom. The summed E-state index contributed by atoms with van der Waals surface area (Å²) in [5, 5.41) is 3.37. The molecule has 0 atom stereocenters. The molecule has 0 saturated carbocycles. The molecule has 1 aliphatic heterocycles. The van der Waals surface area contributed by atoms with Gasteiger partial charge in [-0.1, -0.05) is 17.7 Å². The molecule has 1 N–H and O–H groups in total. The van der Waals surface area contributed by atoms with Crippen molar-refractivity contribution in [2.24, 2.45) is 0 Å². The van der Waals surface area contributed by atoms with E-state index in [-0.39, 0.29) is 24.8 Å². The summed E-state index contributed by atoms with van der Waals surface area (Å²) >= 11 is 0. The van der Waals surface area contributed by atoms with Gasteiger partial charge in [-0.2, -0.15) is 0 Å². The zero-order valence-electron chi connectivity index (χ0n) is 8.48. The summed E-state index contributed by atoms with van der Waals surface area (Å²) in [5.74, 6) is 0. The second-order valence-electron chi connectivity index (χ2n) is 3.37. The lowest BCUT2D eigenvalue weighted by atomic mass is 10.0. The minimum absolute atomic E-state index is 0. The first-order valence-corrected chi connectivity index (χ1v) is 4.75. The number of hydrogen-bond donors (Lipinski definition) is 1. The van der Waals surface area contributed by atoms with Gasteiger partial charge in [-0.3, -0.25) is 4.98 Å². The molecule has 0 unspecified atom stereocenters. The first-order chi connectivity index (χ1) is 6.45.